The lowest BCUT2D eigenvalue weighted by molar-refractivity contribution is -0.124. The van der Waals surface area contributed by atoms with Crippen LogP contribution in [0.5, 0.6) is 11.5 Å². The van der Waals surface area contributed by atoms with Gasteiger partial charge < -0.3 is 14.8 Å². The number of hydrogen-bond donors (Lipinski definition) is 1. The summed E-state index contributed by atoms with van der Waals surface area (Å²) in [6, 6.07) is 14.9. The number of hydrogen-bond acceptors (Lipinski definition) is 3. The summed E-state index contributed by atoms with van der Waals surface area (Å²) < 4.78 is 10.7. The highest BCUT2D eigenvalue weighted by atomic mass is 35.5. The standard InChI is InChI=1S/C19H22ClNO3/c1-14(13-15-3-5-16(20)6-4-15)19(22)21-11-12-24-18-9-7-17(23-2)8-10-18/h3-10,14H,11-13H2,1-2H3,(H,21,22). The van der Waals surface area contributed by atoms with Crippen LogP contribution in [0.4, 0.5) is 0 Å². The Hall–Kier alpha value is -2.20. The zero-order chi connectivity index (χ0) is 17.4. The second-order valence-electron chi connectivity index (χ2n) is 5.55. The van der Waals surface area contributed by atoms with E-state index < -0.39 is 0 Å². The van der Waals surface area contributed by atoms with E-state index in [1.54, 1.807) is 7.11 Å². The maximum Gasteiger partial charge on any atom is 0.223 e. The van der Waals surface area contributed by atoms with E-state index in [2.05, 4.69) is 5.32 Å². The van der Waals surface area contributed by atoms with Gasteiger partial charge in [0.2, 0.25) is 5.91 Å². The first-order valence-corrected chi connectivity index (χ1v) is 8.25. The van der Waals surface area contributed by atoms with Crippen molar-refractivity contribution < 1.29 is 14.3 Å². The van der Waals surface area contributed by atoms with Gasteiger partial charge in [-0.2, -0.15) is 0 Å². The van der Waals surface area contributed by atoms with Crippen LogP contribution in [0.15, 0.2) is 48.5 Å². The highest BCUT2D eigenvalue weighted by molar-refractivity contribution is 6.30. The van der Waals surface area contributed by atoms with Gasteiger partial charge in [-0.05, 0) is 48.4 Å². The molecule has 1 amide bonds. The van der Waals surface area contributed by atoms with E-state index in [9.17, 15) is 4.79 Å². The summed E-state index contributed by atoms with van der Waals surface area (Å²) in [4.78, 5) is 12.1. The van der Waals surface area contributed by atoms with Crippen LogP contribution in [-0.2, 0) is 11.2 Å². The average Bonchev–Trinajstić information content (AvgIpc) is 2.61. The smallest absolute Gasteiger partial charge is 0.223 e. The van der Waals surface area contributed by atoms with Crippen LogP contribution in [0.25, 0.3) is 0 Å². The van der Waals surface area contributed by atoms with Crippen LogP contribution < -0.4 is 14.8 Å². The summed E-state index contributed by atoms with van der Waals surface area (Å²) in [5.41, 5.74) is 1.09. The van der Waals surface area contributed by atoms with E-state index in [0.29, 0.717) is 24.6 Å². The summed E-state index contributed by atoms with van der Waals surface area (Å²) in [6.45, 7) is 2.80. The summed E-state index contributed by atoms with van der Waals surface area (Å²) in [5.74, 6) is 1.45. The summed E-state index contributed by atoms with van der Waals surface area (Å²) in [5, 5.41) is 3.59. The van der Waals surface area contributed by atoms with Crippen molar-refractivity contribution in [1.82, 2.24) is 5.32 Å². The molecule has 0 bridgehead atoms. The fourth-order valence-electron chi connectivity index (χ4n) is 2.26. The van der Waals surface area contributed by atoms with Gasteiger partial charge in [-0.15, -0.1) is 0 Å². The molecule has 0 saturated carbocycles. The van der Waals surface area contributed by atoms with Crippen molar-refractivity contribution in [1.29, 1.82) is 0 Å². The topological polar surface area (TPSA) is 47.6 Å². The molecule has 1 atom stereocenters. The third kappa shape index (κ3) is 5.78. The number of rotatable bonds is 8. The number of halogens is 1. The molecule has 0 saturated heterocycles. The highest BCUT2D eigenvalue weighted by Crippen LogP contribution is 2.17. The molecular weight excluding hydrogens is 326 g/mol. The third-order valence-electron chi connectivity index (χ3n) is 3.63. The maximum atomic E-state index is 12.1. The SMILES string of the molecule is COc1ccc(OCCNC(=O)C(C)Cc2ccc(Cl)cc2)cc1. The van der Waals surface area contributed by atoms with Crippen LogP contribution in [0.3, 0.4) is 0 Å². The zero-order valence-electron chi connectivity index (χ0n) is 13.9. The zero-order valence-corrected chi connectivity index (χ0v) is 14.7. The van der Waals surface area contributed by atoms with Gasteiger partial charge in [-0.25, -0.2) is 0 Å². The molecule has 0 fully saturated rings. The van der Waals surface area contributed by atoms with Gasteiger partial charge >= 0.3 is 0 Å². The van der Waals surface area contributed by atoms with E-state index in [1.807, 2.05) is 55.5 Å². The minimum absolute atomic E-state index is 0.0169. The fraction of sp³-hybridized carbons (Fsp3) is 0.316. The molecular formula is C19H22ClNO3. The molecule has 128 valence electrons. The van der Waals surface area contributed by atoms with Crippen molar-refractivity contribution in [3.05, 3.63) is 59.1 Å². The summed E-state index contributed by atoms with van der Waals surface area (Å²) in [6.07, 6.45) is 0.683. The van der Waals surface area contributed by atoms with Crippen molar-refractivity contribution in [2.45, 2.75) is 13.3 Å². The average molecular weight is 348 g/mol. The molecule has 2 rings (SSSR count). The number of amides is 1. The molecule has 0 aromatic heterocycles. The lowest BCUT2D eigenvalue weighted by Gasteiger charge is -2.13. The Morgan fingerprint density at radius 2 is 1.71 bits per heavy atom. The number of carbonyl (C=O) groups is 1. The molecule has 0 spiro atoms. The van der Waals surface area contributed by atoms with Gasteiger partial charge in [0.05, 0.1) is 13.7 Å². The lowest BCUT2D eigenvalue weighted by atomic mass is 10.0. The number of benzene rings is 2. The van der Waals surface area contributed by atoms with Crippen LogP contribution in [0, 0.1) is 5.92 Å². The van der Waals surface area contributed by atoms with Gasteiger partial charge in [0, 0.05) is 10.9 Å². The Morgan fingerprint density at radius 1 is 1.08 bits per heavy atom. The molecule has 2 aromatic rings. The van der Waals surface area contributed by atoms with Crippen molar-refractivity contribution in [3.63, 3.8) is 0 Å². The van der Waals surface area contributed by atoms with E-state index >= 15 is 0 Å². The molecule has 5 heteroatoms. The van der Waals surface area contributed by atoms with Crippen molar-refractivity contribution in [3.8, 4) is 11.5 Å². The molecule has 0 heterocycles. The van der Waals surface area contributed by atoms with Crippen LogP contribution in [-0.4, -0.2) is 26.2 Å². The van der Waals surface area contributed by atoms with Gasteiger partial charge in [-0.3, -0.25) is 4.79 Å². The van der Waals surface area contributed by atoms with Gasteiger partial charge in [0.15, 0.2) is 0 Å². The van der Waals surface area contributed by atoms with Crippen molar-refractivity contribution >= 4 is 17.5 Å². The fourth-order valence-corrected chi connectivity index (χ4v) is 2.38. The highest BCUT2D eigenvalue weighted by Gasteiger charge is 2.13. The van der Waals surface area contributed by atoms with Gasteiger partial charge in [-0.1, -0.05) is 30.7 Å². The largest absolute Gasteiger partial charge is 0.497 e. The van der Waals surface area contributed by atoms with Crippen LogP contribution >= 0.6 is 11.6 Å². The van der Waals surface area contributed by atoms with Crippen LogP contribution in [0.2, 0.25) is 5.02 Å². The first-order valence-electron chi connectivity index (χ1n) is 7.87. The van der Waals surface area contributed by atoms with Gasteiger partial charge in [0.25, 0.3) is 0 Å². The van der Waals surface area contributed by atoms with E-state index in [-0.39, 0.29) is 11.8 Å². The molecule has 0 aliphatic heterocycles. The molecule has 0 aliphatic carbocycles. The Morgan fingerprint density at radius 3 is 2.33 bits per heavy atom. The number of methoxy groups -OCH3 is 1. The van der Waals surface area contributed by atoms with Crippen molar-refractivity contribution in [2.24, 2.45) is 5.92 Å². The second kappa shape index (κ2) is 9.18. The molecule has 24 heavy (non-hydrogen) atoms. The van der Waals surface area contributed by atoms with E-state index in [4.69, 9.17) is 21.1 Å². The molecule has 1 unspecified atom stereocenters. The quantitative estimate of drug-likeness (QED) is 0.740. The predicted molar refractivity (Wildman–Crippen MR) is 95.8 cm³/mol. The van der Waals surface area contributed by atoms with Crippen LogP contribution in [0.1, 0.15) is 12.5 Å². The predicted octanol–water partition coefficient (Wildman–Crippen LogP) is 3.72. The Kier molecular flexibility index (Phi) is 6.94. The number of nitrogens with one attached hydrogen (secondary N) is 1. The maximum absolute atomic E-state index is 12.1. The molecule has 2 aromatic carbocycles. The Bertz CT molecular complexity index is 641. The molecule has 0 aliphatic rings. The minimum Gasteiger partial charge on any atom is -0.497 e. The monoisotopic (exact) mass is 347 g/mol. The van der Waals surface area contributed by atoms with E-state index in [1.165, 1.54) is 0 Å². The Balaban J connectivity index is 1.69. The third-order valence-corrected chi connectivity index (χ3v) is 3.88. The molecule has 1 N–H and O–H groups in total. The number of carbonyl (C=O) groups excluding carboxylic acids is 1. The first-order chi connectivity index (χ1) is 11.6. The van der Waals surface area contributed by atoms with Crippen molar-refractivity contribution in [2.75, 3.05) is 20.3 Å². The van der Waals surface area contributed by atoms with E-state index in [0.717, 1.165) is 17.1 Å². The normalized spacial score (nSPS) is 11.6. The minimum atomic E-state index is -0.104. The molecule has 4 nitrogen and oxygen atoms in total. The Labute approximate surface area is 147 Å². The summed E-state index contributed by atoms with van der Waals surface area (Å²) in [7, 11) is 1.62. The second-order valence-corrected chi connectivity index (χ2v) is 5.98. The van der Waals surface area contributed by atoms with Gasteiger partial charge in [0.1, 0.15) is 18.1 Å². The summed E-state index contributed by atoms with van der Waals surface area (Å²) >= 11 is 5.86. The number of ether oxygens (including phenoxy) is 2. The molecule has 0 radical (unpaired) electrons. The lowest BCUT2D eigenvalue weighted by Crippen LogP contribution is -2.33. The first kappa shape index (κ1) is 18.1.